The Morgan fingerprint density at radius 3 is 0.983 bits per heavy atom. The second kappa shape index (κ2) is 21.3. The summed E-state index contributed by atoms with van der Waals surface area (Å²) >= 11 is 2.32. The highest BCUT2D eigenvalue weighted by Gasteiger charge is 2.40. The zero-order valence-corrected chi connectivity index (χ0v) is 48.8. The molecule has 0 radical (unpaired) electrons. The minimum Gasteiger partial charge on any atom is -0.412 e. The lowest BCUT2D eigenvalue weighted by molar-refractivity contribution is 0.308. The molecule has 0 aliphatic heterocycles. The van der Waals surface area contributed by atoms with E-state index >= 15 is 0 Å². The Balaban J connectivity index is 4.24. The van der Waals surface area contributed by atoms with Gasteiger partial charge in [0.1, 0.15) is 8.07 Å². The highest BCUT2D eigenvalue weighted by Crippen LogP contribution is 2.40. The van der Waals surface area contributed by atoms with E-state index in [1.165, 1.54) is 3.57 Å². The molecule has 59 heavy (non-hydrogen) atoms. The van der Waals surface area contributed by atoms with Crippen molar-refractivity contribution in [2.75, 3.05) is 26.4 Å². The van der Waals surface area contributed by atoms with Gasteiger partial charge in [-0.2, -0.15) is 0 Å². The van der Waals surface area contributed by atoms with Crippen LogP contribution < -0.4 is 0 Å². The van der Waals surface area contributed by atoms with Crippen molar-refractivity contribution in [3.05, 3.63) is 55.7 Å². The molecular weight excluding hydrogens is 920 g/mol. The summed E-state index contributed by atoms with van der Waals surface area (Å²) in [7, 11) is -10.2. The first kappa shape index (κ1) is 55.6. The Labute approximate surface area is 383 Å². The lowest BCUT2D eigenvalue weighted by Crippen LogP contribution is -2.42. The maximum absolute atomic E-state index is 6.85. The molecule has 0 unspecified atom stereocenters. The van der Waals surface area contributed by atoms with Crippen LogP contribution in [0.15, 0.2) is 46.6 Å². The molecule has 0 aromatic heterocycles. The molecule has 4 nitrogen and oxygen atoms in total. The van der Waals surface area contributed by atoms with Crippen molar-refractivity contribution in [2.24, 2.45) is 0 Å². The van der Waals surface area contributed by atoms with E-state index < -0.39 is 41.3 Å². The topological polar surface area (TPSA) is 36.9 Å². The number of hydrogen-bond donors (Lipinski definition) is 0. The lowest BCUT2D eigenvalue weighted by atomic mass is 10.1. The maximum Gasteiger partial charge on any atom is 0.192 e. The predicted molar refractivity (Wildman–Crippen MR) is 279 cm³/mol. The van der Waals surface area contributed by atoms with Gasteiger partial charge >= 0.3 is 0 Å². The van der Waals surface area contributed by atoms with Crippen LogP contribution in [0.4, 0.5) is 0 Å². The highest BCUT2D eigenvalue weighted by molar-refractivity contribution is 14.1. The Bertz CT molecular complexity index is 1910. The summed E-state index contributed by atoms with van der Waals surface area (Å²) in [5.41, 5.74) is 7.94. The van der Waals surface area contributed by atoms with E-state index in [9.17, 15) is 0 Å². The third kappa shape index (κ3) is 18.9. The van der Waals surface area contributed by atoms with E-state index in [0.717, 1.165) is 27.9 Å². The van der Waals surface area contributed by atoms with Crippen molar-refractivity contribution < 1.29 is 17.7 Å². The van der Waals surface area contributed by atoms with Crippen molar-refractivity contribution in [3.8, 4) is 47.0 Å². The van der Waals surface area contributed by atoms with E-state index in [0.29, 0.717) is 26.4 Å². The van der Waals surface area contributed by atoms with E-state index in [-0.39, 0.29) is 20.2 Å². The number of benzene rings is 1. The summed E-state index contributed by atoms with van der Waals surface area (Å²) in [4.78, 5) is 0. The van der Waals surface area contributed by atoms with Gasteiger partial charge in [0.2, 0.25) is 0 Å². The molecule has 1 aromatic carbocycles. The third-order valence-corrected chi connectivity index (χ3v) is 32.1. The summed E-state index contributed by atoms with van der Waals surface area (Å²) in [5, 5.41) is 0.164. The Kier molecular flexibility index (Phi) is 20.1. The van der Waals surface area contributed by atoms with Crippen molar-refractivity contribution >= 4 is 63.9 Å². The van der Waals surface area contributed by atoms with Gasteiger partial charge in [-0.1, -0.05) is 132 Å². The van der Waals surface area contributed by atoms with Gasteiger partial charge in [-0.3, -0.25) is 0 Å². The van der Waals surface area contributed by atoms with Crippen LogP contribution >= 0.6 is 22.6 Å². The van der Waals surface area contributed by atoms with Crippen LogP contribution in [0.3, 0.4) is 0 Å². The fraction of sp³-hybridized carbons (Fsp3) is 0.633. The molecular formula is C49H81IO4Si5. The summed E-state index contributed by atoms with van der Waals surface area (Å²) in [6, 6.07) is 8.27. The average molecular weight is 1000 g/mol. The van der Waals surface area contributed by atoms with E-state index in [2.05, 4.69) is 249 Å². The molecule has 0 fully saturated rings. The quantitative estimate of drug-likeness (QED) is 0.119. The molecule has 0 saturated heterocycles. The molecule has 0 atom stereocenters. The van der Waals surface area contributed by atoms with Crippen LogP contribution in [0, 0.1) is 50.6 Å². The van der Waals surface area contributed by atoms with E-state index in [4.69, 9.17) is 17.7 Å². The number of hydrogen-bond acceptors (Lipinski definition) is 4. The summed E-state index contributed by atoms with van der Waals surface area (Å²) < 4.78 is 28.5. The van der Waals surface area contributed by atoms with Gasteiger partial charge in [-0.05, 0) is 131 Å². The number of halogens is 1. The fourth-order valence-electron chi connectivity index (χ4n) is 3.83. The van der Waals surface area contributed by atoms with Crippen LogP contribution in [0.5, 0.6) is 0 Å². The highest BCUT2D eigenvalue weighted by atomic mass is 127. The predicted octanol–water partition coefficient (Wildman–Crippen LogP) is 14.2. The van der Waals surface area contributed by atoms with Crippen molar-refractivity contribution in [3.63, 3.8) is 0 Å². The van der Waals surface area contributed by atoms with Crippen molar-refractivity contribution in [1.82, 2.24) is 0 Å². The number of rotatable bonds is 12. The Morgan fingerprint density at radius 2 is 0.712 bits per heavy atom. The van der Waals surface area contributed by atoms with Crippen LogP contribution in [0.25, 0.3) is 0 Å². The van der Waals surface area contributed by atoms with Gasteiger partial charge in [0.25, 0.3) is 0 Å². The molecule has 10 heteroatoms. The van der Waals surface area contributed by atoms with E-state index in [1.807, 2.05) is 0 Å². The molecule has 0 spiro atoms. The fourth-order valence-corrected chi connectivity index (χ4v) is 8.47. The van der Waals surface area contributed by atoms with Gasteiger partial charge in [0.15, 0.2) is 33.3 Å². The minimum absolute atomic E-state index is 0.0275. The molecule has 0 N–H and O–H groups in total. The maximum atomic E-state index is 6.85. The smallest absolute Gasteiger partial charge is 0.192 e. The van der Waals surface area contributed by atoms with Crippen LogP contribution in [-0.4, -0.2) is 67.8 Å². The Hall–Kier alpha value is -1.41. The molecule has 328 valence electrons. The largest absolute Gasteiger partial charge is 0.412 e. The van der Waals surface area contributed by atoms with Gasteiger partial charge < -0.3 is 17.7 Å². The van der Waals surface area contributed by atoms with Gasteiger partial charge in [-0.25, -0.2) is 0 Å². The molecule has 1 rings (SSSR count). The Morgan fingerprint density at radius 1 is 0.441 bits per heavy atom. The standard InChI is InChI=1S/C49H81IO4Si5/c1-46(2,3)56(16,17)51-36-41(43(38-53-58(20,21)48(7,8)9)31-28-40-29-32-45(50)33-30-40)26-24-25-27-42(37-52-57(18,19)47(4,5)6)44(34-35-55(13,14)15)39-54-59(22,23)49(10,11)12/h29-30,32-33H,36-39H2,1-23H3/b43-41+,44-42+. The van der Waals surface area contributed by atoms with Crippen LogP contribution in [-0.2, 0) is 17.7 Å². The molecule has 0 amide bonds. The first-order chi connectivity index (χ1) is 26.3. The summed E-state index contributed by atoms with van der Waals surface area (Å²) in [6.07, 6.45) is 0. The van der Waals surface area contributed by atoms with Crippen LogP contribution in [0.2, 0.25) is 92.2 Å². The minimum atomic E-state index is -2.15. The molecule has 0 heterocycles. The first-order valence-electron chi connectivity index (χ1n) is 21.1. The van der Waals surface area contributed by atoms with Crippen LogP contribution in [0.1, 0.15) is 88.6 Å². The molecule has 0 saturated carbocycles. The van der Waals surface area contributed by atoms with Gasteiger partial charge in [0, 0.05) is 31.4 Å². The second-order valence-corrected chi connectivity index (χ2v) is 48.1. The lowest BCUT2D eigenvalue weighted by Gasteiger charge is -2.37. The molecule has 0 aliphatic carbocycles. The monoisotopic (exact) mass is 1000 g/mol. The van der Waals surface area contributed by atoms with E-state index in [1.54, 1.807) is 0 Å². The normalized spacial score (nSPS) is 14.3. The summed E-state index contributed by atoms with van der Waals surface area (Å²) in [5.74, 6) is 24.0. The molecule has 1 aromatic rings. The van der Waals surface area contributed by atoms with Gasteiger partial charge in [-0.15, -0.1) is 5.54 Å². The first-order valence-corrected chi connectivity index (χ1v) is 37.4. The zero-order valence-electron chi connectivity index (χ0n) is 41.6. The average Bonchev–Trinajstić information content (AvgIpc) is 3.04. The molecule has 0 aliphatic rings. The van der Waals surface area contributed by atoms with Gasteiger partial charge in [0.05, 0.1) is 26.4 Å². The SMILES string of the molecule is CC(C)(C)[Si](C)(C)OC/C(C#CC#C/C(CO[Si](C)(C)C(C)(C)C)=C(/C#C[Si](C)(C)C)CO[Si](C)(C)C(C)(C)C)=C(\C#Cc1ccc(I)cc1)CO[Si](C)(C)C(C)(C)C. The summed E-state index contributed by atoms with van der Waals surface area (Å²) in [6.45, 7) is 53.6. The zero-order chi connectivity index (χ0) is 46.1. The van der Waals surface area contributed by atoms with Crippen molar-refractivity contribution in [1.29, 1.82) is 0 Å². The van der Waals surface area contributed by atoms with Crippen molar-refractivity contribution in [2.45, 2.75) is 175 Å². The molecule has 0 bridgehead atoms. The second-order valence-electron chi connectivity index (χ2n) is 22.9. The third-order valence-electron chi connectivity index (χ3n) is 12.5.